The summed E-state index contributed by atoms with van der Waals surface area (Å²) in [6.07, 6.45) is 0. The number of benzene rings is 1. The molecule has 80 valence electrons. The first kappa shape index (κ1) is 14.0. The molecular formula is C8H9Cl3O2S. The maximum atomic E-state index is 9.16. The minimum atomic E-state index is -3.72. The molecule has 0 N–H and O–H groups in total. The Balaban J connectivity index is 0.000000292. The molecule has 14 heavy (non-hydrogen) atoms. The third-order valence-electron chi connectivity index (χ3n) is 1.33. The number of aryl methyl sites for hydroxylation is 2. The lowest BCUT2D eigenvalue weighted by molar-refractivity contribution is 0.621. The van der Waals surface area contributed by atoms with Crippen LogP contribution < -0.4 is 0 Å². The van der Waals surface area contributed by atoms with E-state index in [9.17, 15) is 0 Å². The molecule has 1 aromatic carbocycles. The van der Waals surface area contributed by atoms with Gasteiger partial charge in [0.05, 0.1) is 0 Å². The maximum absolute atomic E-state index is 9.16. The molecule has 0 aliphatic carbocycles. The molecule has 1 aromatic rings. The first-order valence-corrected chi connectivity index (χ1v) is 7.08. The Morgan fingerprint density at radius 1 is 1.14 bits per heavy atom. The molecular weight excluding hydrogens is 267 g/mol. The fraction of sp³-hybridized carbons (Fsp3) is 0.250. The molecule has 0 spiro atoms. The SMILES string of the molecule is Cc1ccc(C)c(Cl)c1.O=S(=O)(Cl)Cl. The van der Waals surface area contributed by atoms with Crippen molar-refractivity contribution in [3.05, 3.63) is 34.3 Å². The van der Waals surface area contributed by atoms with E-state index in [4.69, 9.17) is 20.0 Å². The Morgan fingerprint density at radius 2 is 1.57 bits per heavy atom. The van der Waals surface area contributed by atoms with E-state index in [0.717, 1.165) is 10.6 Å². The van der Waals surface area contributed by atoms with Gasteiger partial charge in [0, 0.05) is 26.4 Å². The van der Waals surface area contributed by atoms with Crippen LogP contribution in [-0.4, -0.2) is 8.42 Å². The molecule has 6 heteroatoms. The lowest BCUT2D eigenvalue weighted by Crippen LogP contribution is -1.75. The first-order valence-electron chi connectivity index (χ1n) is 3.57. The fourth-order valence-corrected chi connectivity index (χ4v) is 0.933. The third-order valence-corrected chi connectivity index (χ3v) is 1.73. The van der Waals surface area contributed by atoms with Crippen molar-refractivity contribution < 1.29 is 8.42 Å². The molecule has 0 aromatic heterocycles. The van der Waals surface area contributed by atoms with E-state index >= 15 is 0 Å². The third kappa shape index (κ3) is 8.63. The topological polar surface area (TPSA) is 34.1 Å². The van der Waals surface area contributed by atoms with Gasteiger partial charge in [-0.25, -0.2) is 0 Å². The normalized spacial score (nSPS) is 10.4. The summed E-state index contributed by atoms with van der Waals surface area (Å²) in [4.78, 5) is 0. The van der Waals surface area contributed by atoms with Crippen molar-refractivity contribution in [2.45, 2.75) is 13.8 Å². The Labute approximate surface area is 97.7 Å². The summed E-state index contributed by atoms with van der Waals surface area (Å²) in [5.41, 5.74) is 2.35. The molecule has 2 nitrogen and oxygen atoms in total. The molecule has 0 atom stereocenters. The molecule has 0 aliphatic heterocycles. The van der Waals surface area contributed by atoms with E-state index in [1.54, 1.807) is 0 Å². The van der Waals surface area contributed by atoms with Crippen molar-refractivity contribution in [1.82, 2.24) is 0 Å². The van der Waals surface area contributed by atoms with E-state index in [-0.39, 0.29) is 0 Å². The van der Waals surface area contributed by atoms with Crippen molar-refractivity contribution in [1.29, 1.82) is 0 Å². The molecule has 0 saturated heterocycles. The summed E-state index contributed by atoms with van der Waals surface area (Å²) in [5, 5.41) is 0.856. The zero-order chi connectivity index (χ0) is 11.4. The van der Waals surface area contributed by atoms with Gasteiger partial charge in [0.2, 0.25) is 0 Å². The predicted octanol–water partition coefficient (Wildman–Crippen LogP) is 3.67. The Bertz CT molecular complexity index is 393. The number of hydrogen-bond donors (Lipinski definition) is 0. The smallest absolute Gasteiger partial charge is 0.195 e. The monoisotopic (exact) mass is 274 g/mol. The van der Waals surface area contributed by atoms with Crippen LogP contribution in [0.5, 0.6) is 0 Å². The van der Waals surface area contributed by atoms with Crippen LogP contribution in [0.25, 0.3) is 0 Å². The molecule has 1 rings (SSSR count). The second kappa shape index (κ2) is 5.81. The summed E-state index contributed by atoms with van der Waals surface area (Å²) in [6, 6.07) is 6.05. The highest BCUT2D eigenvalue weighted by molar-refractivity contribution is 8.31. The standard InChI is InChI=1S/C8H9Cl.Cl2O2S/c1-6-3-4-7(2)8(9)5-6;1-5(2,3)4/h3-5H,1-2H3;. The van der Waals surface area contributed by atoms with Crippen LogP contribution in [0.1, 0.15) is 11.1 Å². The van der Waals surface area contributed by atoms with Gasteiger partial charge >= 0.3 is 8.26 Å². The van der Waals surface area contributed by atoms with Crippen molar-refractivity contribution in [2.75, 3.05) is 0 Å². The van der Waals surface area contributed by atoms with Gasteiger partial charge in [-0.2, -0.15) is 8.42 Å². The highest BCUT2D eigenvalue weighted by Crippen LogP contribution is 2.15. The van der Waals surface area contributed by atoms with E-state index < -0.39 is 8.26 Å². The average Bonchev–Trinajstić information content (AvgIpc) is 1.94. The minimum absolute atomic E-state index is 0.856. The van der Waals surface area contributed by atoms with Crippen molar-refractivity contribution >= 4 is 41.2 Å². The van der Waals surface area contributed by atoms with Crippen molar-refractivity contribution in [3.63, 3.8) is 0 Å². The zero-order valence-corrected chi connectivity index (χ0v) is 10.7. The van der Waals surface area contributed by atoms with Crippen LogP contribution in [0.15, 0.2) is 18.2 Å². The second-order valence-corrected chi connectivity index (χ2v) is 6.71. The van der Waals surface area contributed by atoms with Gasteiger partial charge < -0.3 is 0 Å². The summed E-state index contributed by atoms with van der Waals surface area (Å²) >= 11 is 5.81. The van der Waals surface area contributed by atoms with Crippen molar-refractivity contribution in [2.24, 2.45) is 0 Å². The summed E-state index contributed by atoms with van der Waals surface area (Å²) in [7, 11) is 4.81. The van der Waals surface area contributed by atoms with Crippen LogP contribution in [0.2, 0.25) is 5.02 Å². The molecule has 0 saturated carbocycles. The zero-order valence-electron chi connectivity index (χ0n) is 7.59. The molecule has 0 unspecified atom stereocenters. The van der Waals surface area contributed by atoms with E-state index in [1.165, 1.54) is 5.56 Å². The van der Waals surface area contributed by atoms with E-state index in [1.807, 2.05) is 26.0 Å². The number of hydrogen-bond acceptors (Lipinski definition) is 2. The maximum Gasteiger partial charge on any atom is 0.317 e. The number of halogens is 3. The summed E-state index contributed by atoms with van der Waals surface area (Å²) in [5.74, 6) is 0. The van der Waals surface area contributed by atoms with Gasteiger partial charge in [0.25, 0.3) is 0 Å². The molecule has 0 heterocycles. The quantitative estimate of drug-likeness (QED) is 0.677. The Hall–Kier alpha value is 0.0400. The molecule has 0 bridgehead atoms. The van der Waals surface area contributed by atoms with Crippen LogP contribution in [0, 0.1) is 13.8 Å². The van der Waals surface area contributed by atoms with Crippen LogP contribution in [0.4, 0.5) is 0 Å². The highest BCUT2D eigenvalue weighted by atomic mass is 36.0. The molecule has 0 radical (unpaired) electrons. The molecule has 0 aliphatic rings. The van der Waals surface area contributed by atoms with Gasteiger partial charge in [0.15, 0.2) is 0 Å². The van der Waals surface area contributed by atoms with Gasteiger partial charge in [-0.3, -0.25) is 0 Å². The van der Waals surface area contributed by atoms with Crippen molar-refractivity contribution in [3.8, 4) is 0 Å². The van der Waals surface area contributed by atoms with Crippen LogP contribution in [-0.2, 0) is 8.26 Å². The highest BCUT2D eigenvalue weighted by Gasteiger charge is 1.91. The Kier molecular flexibility index (Phi) is 5.83. The summed E-state index contributed by atoms with van der Waals surface area (Å²) in [6.45, 7) is 4.03. The second-order valence-electron chi connectivity index (χ2n) is 2.63. The minimum Gasteiger partial charge on any atom is -0.195 e. The van der Waals surface area contributed by atoms with E-state index in [0.29, 0.717) is 0 Å². The predicted molar refractivity (Wildman–Crippen MR) is 61.6 cm³/mol. The van der Waals surface area contributed by atoms with E-state index in [2.05, 4.69) is 27.4 Å². The van der Waals surface area contributed by atoms with Gasteiger partial charge in [-0.1, -0.05) is 23.7 Å². The largest absolute Gasteiger partial charge is 0.317 e. The first-order chi connectivity index (χ1) is 6.20. The van der Waals surface area contributed by atoms with Crippen LogP contribution in [0.3, 0.4) is 0 Å². The number of rotatable bonds is 0. The molecule has 0 amide bonds. The van der Waals surface area contributed by atoms with Gasteiger partial charge in [-0.05, 0) is 31.0 Å². The lowest BCUT2D eigenvalue weighted by Gasteiger charge is -1.96. The molecule has 0 fully saturated rings. The average molecular weight is 276 g/mol. The fourth-order valence-electron chi connectivity index (χ4n) is 0.698. The van der Waals surface area contributed by atoms with Gasteiger partial charge in [0.1, 0.15) is 0 Å². The summed E-state index contributed by atoms with van der Waals surface area (Å²) < 4.78 is 18.3. The lowest BCUT2D eigenvalue weighted by atomic mass is 10.2. The van der Waals surface area contributed by atoms with Crippen LogP contribution >= 0.6 is 33.0 Å². The van der Waals surface area contributed by atoms with Gasteiger partial charge in [-0.15, -0.1) is 0 Å². The Morgan fingerprint density at radius 3 is 1.86 bits per heavy atom.